The average Bonchev–Trinajstić information content (AvgIpc) is 2.22. The monoisotopic (exact) mass is 209 g/mol. The molecular weight excluding hydrogens is 194 g/mol. The van der Waals surface area contributed by atoms with Crippen LogP contribution >= 0.6 is 0 Å². The van der Waals surface area contributed by atoms with Gasteiger partial charge in [-0.2, -0.15) is 0 Å². The van der Waals surface area contributed by atoms with Crippen LogP contribution in [0.15, 0.2) is 29.3 Å². The first-order valence-corrected chi connectivity index (χ1v) is 5.87. The Kier molecular flexibility index (Phi) is 3.89. The van der Waals surface area contributed by atoms with E-state index in [4.69, 9.17) is 0 Å². The molecule has 0 aromatic heterocycles. The minimum atomic E-state index is -1.06. The van der Waals surface area contributed by atoms with Gasteiger partial charge in [0, 0.05) is 6.20 Å². The van der Waals surface area contributed by atoms with Gasteiger partial charge in [0.15, 0.2) is 0 Å². The zero-order valence-electron chi connectivity index (χ0n) is 8.70. The van der Waals surface area contributed by atoms with Crippen molar-refractivity contribution in [1.82, 2.24) is 4.72 Å². The summed E-state index contributed by atoms with van der Waals surface area (Å²) in [6, 6.07) is 5.95. The number of nitrogens with one attached hydrogen (secondary N) is 1. The zero-order chi connectivity index (χ0) is 10.6. The number of hydrogen-bond donors (Lipinski definition) is 1. The highest BCUT2D eigenvalue weighted by Crippen LogP contribution is 2.19. The fourth-order valence-electron chi connectivity index (χ4n) is 1.19. The Labute approximate surface area is 87.6 Å². The van der Waals surface area contributed by atoms with Crippen molar-refractivity contribution in [3.05, 3.63) is 35.5 Å². The van der Waals surface area contributed by atoms with Crippen LogP contribution < -0.4 is 4.72 Å². The Morgan fingerprint density at radius 1 is 1.29 bits per heavy atom. The van der Waals surface area contributed by atoms with Crippen LogP contribution in [0.3, 0.4) is 0 Å². The molecule has 1 aliphatic heterocycles. The SMILES string of the molecule is CC.Cc1ccc2c(c1)S(=O)NC=C2. The molecule has 2 rings (SSSR count). The number of benzene rings is 1. The summed E-state index contributed by atoms with van der Waals surface area (Å²) in [5.74, 6) is 0. The van der Waals surface area contributed by atoms with Crippen LogP contribution in [0.2, 0.25) is 0 Å². The summed E-state index contributed by atoms with van der Waals surface area (Å²) in [6.07, 6.45) is 3.64. The van der Waals surface area contributed by atoms with Gasteiger partial charge >= 0.3 is 0 Å². The molecule has 0 radical (unpaired) electrons. The predicted molar refractivity (Wildman–Crippen MR) is 61.1 cm³/mol. The van der Waals surface area contributed by atoms with Gasteiger partial charge in [0.25, 0.3) is 0 Å². The van der Waals surface area contributed by atoms with Gasteiger partial charge in [-0.25, -0.2) is 4.21 Å². The normalized spacial score (nSPS) is 17.5. The van der Waals surface area contributed by atoms with Gasteiger partial charge < -0.3 is 4.72 Å². The van der Waals surface area contributed by atoms with Crippen molar-refractivity contribution in [2.24, 2.45) is 0 Å². The first kappa shape index (κ1) is 11.0. The largest absolute Gasteiger partial charge is 0.308 e. The summed E-state index contributed by atoms with van der Waals surface area (Å²) in [5, 5.41) is 0. The smallest absolute Gasteiger partial charge is 0.150 e. The first-order chi connectivity index (χ1) is 6.77. The van der Waals surface area contributed by atoms with E-state index in [-0.39, 0.29) is 0 Å². The van der Waals surface area contributed by atoms with E-state index in [1.165, 1.54) is 0 Å². The van der Waals surface area contributed by atoms with Crippen LogP contribution in [0.1, 0.15) is 25.0 Å². The van der Waals surface area contributed by atoms with E-state index in [9.17, 15) is 4.21 Å². The molecule has 76 valence electrons. The molecule has 0 saturated carbocycles. The molecule has 0 bridgehead atoms. The van der Waals surface area contributed by atoms with Gasteiger partial charge in [-0.1, -0.05) is 26.0 Å². The van der Waals surface area contributed by atoms with Gasteiger partial charge in [-0.3, -0.25) is 0 Å². The average molecular weight is 209 g/mol. The Morgan fingerprint density at radius 3 is 2.71 bits per heavy atom. The molecule has 0 fully saturated rings. The fourth-order valence-corrected chi connectivity index (χ4v) is 2.15. The van der Waals surface area contributed by atoms with Crippen molar-refractivity contribution in [3.8, 4) is 0 Å². The molecule has 1 unspecified atom stereocenters. The van der Waals surface area contributed by atoms with Crippen molar-refractivity contribution >= 4 is 17.1 Å². The standard InChI is InChI=1S/C9H9NOS.C2H6/c1-7-2-3-8-4-5-10-12(11)9(8)6-7;1-2/h2-6,10H,1H3;1-2H3. The van der Waals surface area contributed by atoms with Crippen molar-refractivity contribution in [1.29, 1.82) is 0 Å². The van der Waals surface area contributed by atoms with Crippen LogP contribution in [0.25, 0.3) is 6.08 Å². The van der Waals surface area contributed by atoms with Gasteiger partial charge in [0.2, 0.25) is 0 Å². The maximum absolute atomic E-state index is 11.4. The van der Waals surface area contributed by atoms with Crippen molar-refractivity contribution in [2.75, 3.05) is 0 Å². The highest BCUT2D eigenvalue weighted by molar-refractivity contribution is 7.83. The molecule has 1 atom stereocenters. The van der Waals surface area contributed by atoms with Crippen LogP contribution in [-0.2, 0) is 11.0 Å². The van der Waals surface area contributed by atoms with E-state index in [1.807, 2.05) is 45.0 Å². The third-order valence-corrected chi connectivity index (χ3v) is 2.91. The van der Waals surface area contributed by atoms with Crippen LogP contribution in [0.5, 0.6) is 0 Å². The van der Waals surface area contributed by atoms with Gasteiger partial charge in [0.1, 0.15) is 11.0 Å². The Morgan fingerprint density at radius 2 is 2.00 bits per heavy atom. The lowest BCUT2D eigenvalue weighted by atomic mass is 10.1. The highest BCUT2D eigenvalue weighted by Gasteiger charge is 2.10. The molecule has 0 spiro atoms. The molecule has 3 heteroatoms. The zero-order valence-corrected chi connectivity index (χ0v) is 9.52. The third kappa shape index (κ3) is 2.23. The van der Waals surface area contributed by atoms with E-state index in [0.29, 0.717) is 0 Å². The van der Waals surface area contributed by atoms with Crippen LogP contribution in [0, 0.1) is 6.92 Å². The van der Waals surface area contributed by atoms with Gasteiger partial charge in [-0.05, 0) is 30.2 Å². The Balaban J connectivity index is 0.000000461. The molecular formula is C11H15NOS. The molecule has 0 saturated heterocycles. The lowest BCUT2D eigenvalue weighted by Gasteiger charge is -2.11. The maximum atomic E-state index is 11.4. The number of hydrogen-bond acceptors (Lipinski definition) is 1. The quantitative estimate of drug-likeness (QED) is 0.699. The number of fused-ring (bicyclic) bond motifs is 1. The first-order valence-electron chi connectivity index (χ1n) is 4.72. The van der Waals surface area contributed by atoms with Crippen molar-refractivity contribution in [2.45, 2.75) is 25.7 Å². The van der Waals surface area contributed by atoms with Crippen molar-refractivity contribution in [3.63, 3.8) is 0 Å². The highest BCUT2D eigenvalue weighted by atomic mass is 32.2. The second-order valence-electron chi connectivity index (χ2n) is 2.76. The number of aryl methyl sites for hydroxylation is 1. The lowest BCUT2D eigenvalue weighted by molar-refractivity contribution is 0.679. The minimum absolute atomic E-state index is 0.873. The predicted octanol–water partition coefficient (Wildman–Crippen LogP) is 2.62. The van der Waals surface area contributed by atoms with E-state index >= 15 is 0 Å². The molecule has 1 aromatic carbocycles. The number of rotatable bonds is 0. The summed E-state index contributed by atoms with van der Waals surface area (Å²) in [5.41, 5.74) is 2.18. The molecule has 0 aliphatic carbocycles. The minimum Gasteiger partial charge on any atom is -0.308 e. The van der Waals surface area contributed by atoms with Crippen LogP contribution in [0.4, 0.5) is 0 Å². The van der Waals surface area contributed by atoms with Gasteiger partial charge in [-0.15, -0.1) is 0 Å². The fraction of sp³-hybridized carbons (Fsp3) is 0.273. The summed E-state index contributed by atoms with van der Waals surface area (Å²) in [4.78, 5) is 0.873. The Hall–Kier alpha value is -1.09. The topological polar surface area (TPSA) is 29.1 Å². The summed E-state index contributed by atoms with van der Waals surface area (Å²) in [6.45, 7) is 6.00. The summed E-state index contributed by atoms with van der Waals surface area (Å²) >= 11 is 0. The van der Waals surface area contributed by atoms with E-state index in [2.05, 4.69) is 4.72 Å². The molecule has 2 nitrogen and oxygen atoms in total. The van der Waals surface area contributed by atoms with Gasteiger partial charge in [0.05, 0.1) is 4.90 Å². The maximum Gasteiger partial charge on any atom is 0.150 e. The summed E-state index contributed by atoms with van der Waals surface area (Å²) < 4.78 is 14.1. The van der Waals surface area contributed by atoms with E-state index < -0.39 is 11.0 Å². The molecule has 14 heavy (non-hydrogen) atoms. The molecule has 0 amide bonds. The molecule has 1 heterocycles. The van der Waals surface area contributed by atoms with Crippen molar-refractivity contribution < 1.29 is 4.21 Å². The van der Waals surface area contributed by atoms with E-state index in [0.717, 1.165) is 16.0 Å². The molecule has 1 aliphatic rings. The van der Waals surface area contributed by atoms with E-state index in [1.54, 1.807) is 6.20 Å². The van der Waals surface area contributed by atoms with Crippen LogP contribution in [-0.4, -0.2) is 4.21 Å². The Bertz CT molecular complexity index is 372. The molecule has 1 aromatic rings. The third-order valence-electron chi connectivity index (χ3n) is 1.81. The second kappa shape index (κ2) is 4.96. The lowest BCUT2D eigenvalue weighted by Crippen LogP contribution is -2.14. The molecule has 1 N–H and O–H groups in total. The second-order valence-corrected chi connectivity index (χ2v) is 3.97. The summed E-state index contributed by atoms with van der Waals surface area (Å²) in [7, 11) is -1.06.